The molecule has 2 aromatic carbocycles. The summed E-state index contributed by atoms with van der Waals surface area (Å²) in [4.78, 5) is 41.0. The summed E-state index contributed by atoms with van der Waals surface area (Å²) in [5, 5.41) is 5.69. The fourth-order valence-corrected chi connectivity index (χ4v) is 4.43. The van der Waals surface area contributed by atoms with Crippen molar-refractivity contribution < 1.29 is 23.2 Å². The van der Waals surface area contributed by atoms with E-state index in [1.54, 1.807) is 18.2 Å². The van der Waals surface area contributed by atoms with Gasteiger partial charge in [0, 0.05) is 12.6 Å². The van der Waals surface area contributed by atoms with Gasteiger partial charge in [0.2, 0.25) is 11.8 Å². The number of amides is 3. The molecule has 3 aromatic rings. The molecule has 1 atom stereocenters. The fourth-order valence-electron chi connectivity index (χ4n) is 4.43. The van der Waals surface area contributed by atoms with Crippen molar-refractivity contribution in [2.24, 2.45) is 0 Å². The molecule has 7 nitrogen and oxygen atoms in total. The smallest absolute Gasteiger partial charge is 0.287 e. The predicted molar refractivity (Wildman–Crippen MR) is 132 cm³/mol. The highest BCUT2D eigenvalue weighted by molar-refractivity contribution is 5.95. The van der Waals surface area contributed by atoms with E-state index < -0.39 is 23.7 Å². The second-order valence-electron chi connectivity index (χ2n) is 9.11. The summed E-state index contributed by atoms with van der Waals surface area (Å²) >= 11 is 0. The Labute approximate surface area is 209 Å². The molecule has 188 valence electrons. The lowest BCUT2D eigenvalue weighted by atomic mass is 10.0. The maximum atomic E-state index is 13.6. The number of benzene rings is 2. The van der Waals surface area contributed by atoms with Crippen molar-refractivity contribution >= 4 is 17.7 Å². The lowest BCUT2D eigenvalue weighted by Gasteiger charge is -2.32. The third kappa shape index (κ3) is 6.38. The molecule has 36 heavy (non-hydrogen) atoms. The van der Waals surface area contributed by atoms with Gasteiger partial charge in [-0.1, -0.05) is 54.8 Å². The van der Waals surface area contributed by atoms with Crippen LogP contribution in [0.4, 0.5) is 4.39 Å². The molecule has 0 bridgehead atoms. The molecule has 1 aliphatic rings. The minimum absolute atomic E-state index is 0.0619. The van der Waals surface area contributed by atoms with Crippen molar-refractivity contribution in [1.82, 2.24) is 15.5 Å². The molecule has 8 heteroatoms. The van der Waals surface area contributed by atoms with Crippen molar-refractivity contribution in [2.45, 2.75) is 51.2 Å². The first-order valence-corrected chi connectivity index (χ1v) is 12.1. The van der Waals surface area contributed by atoms with Crippen LogP contribution in [0.2, 0.25) is 0 Å². The lowest BCUT2D eigenvalue weighted by Crippen LogP contribution is -2.48. The molecule has 1 fully saturated rings. The normalized spacial score (nSPS) is 14.3. The van der Waals surface area contributed by atoms with Crippen molar-refractivity contribution in [2.75, 3.05) is 6.54 Å². The van der Waals surface area contributed by atoms with Crippen LogP contribution < -0.4 is 10.6 Å². The molecular formula is C28H30FN3O4. The predicted octanol–water partition coefficient (Wildman–Crippen LogP) is 4.29. The first-order valence-electron chi connectivity index (χ1n) is 12.1. The van der Waals surface area contributed by atoms with Crippen molar-refractivity contribution in [3.63, 3.8) is 0 Å². The van der Waals surface area contributed by atoms with Crippen LogP contribution in [0, 0.1) is 12.7 Å². The molecule has 1 heterocycles. The van der Waals surface area contributed by atoms with Gasteiger partial charge in [0.15, 0.2) is 5.76 Å². The number of aryl methyl sites for hydroxylation is 1. The zero-order chi connectivity index (χ0) is 25.5. The van der Waals surface area contributed by atoms with Crippen LogP contribution in [0.5, 0.6) is 0 Å². The zero-order valence-electron chi connectivity index (χ0n) is 20.2. The summed E-state index contributed by atoms with van der Waals surface area (Å²) < 4.78 is 18.6. The van der Waals surface area contributed by atoms with E-state index >= 15 is 0 Å². The molecule has 0 aliphatic heterocycles. The second-order valence-corrected chi connectivity index (χ2v) is 9.11. The van der Waals surface area contributed by atoms with Crippen LogP contribution in [-0.4, -0.2) is 35.2 Å². The van der Waals surface area contributed by atoms with E-state index in [-0.39, 0.29) is 30.8 Å². The number of carbonyl (C=O) groups is 3. The van der Waals surface area contributed by atoms with Crippen LogP contribution in [0.25, 0.3) is 0 Å². The Morgan fingerprint density at radius 3 is 2.36 bits per heavy atom. The Bertz CT molecular complexity index is 1170. The standard InChI is InChI=1S/C28H30FN3O4/c1-19-8-12-21(13-9-19)26(28(35)31-23-5-2-3-6-23)32(18-20-10-14-22(29)15-11-20)25(33)17-30-27(34)24-7-4-16-36-24/h4,7-16,23,26H,2-3,5-6,17-18H2,1H3,(H,30,34)(H,31,35)/t26-/m1/s1. The van der Waals surface area contributed by atoms with Crippen molar-refractivity contribution in [3.05, 3.63) is 95.2 Å². The van der Waals surface area contributed by atoms with Crippen LogP contribution >= 0.6 is 0 Å². The topological polar surface area (TPSA) is 91.7 Å². The van der Waals surface area contributed by atoms with Gasteiger partial charge in [-0.05, 0) is 55.2 Å². The molecule has 1 aliphatic carbocycles. The molecule has 1 saturated carbocycles. The van der Waals surface area contributed by atoms with Gasteiger partial charge in [0.25, 0.3) is 5.91 Å². The third-order valence-electron chi connectivity index (χ3n) is 6.39. The lowest BCUT2D eigenvalue weighted by molar-refractivity contribution is -0.141. The molecule has 0 unspecified atom stereocenters. The molecule has 1 aromatic heterocycles. The van der Waals surface area contributed by atoms with E-state index in [0.717, 1.165) is 31.2 Å². The average molecular weight is 492 g/mol. The van der Waals surface area contributed by atoms with Gasteiger partial charge < -0.3 is 20.0 Å². The van der Waals surface area contributed by atoms with Gasteiger partial charge in [-0.25, -0.2) is 4.39 Å². The Morgan fingerprint density at radius 2 is 1.72 bits per heavy atom. The highest BCUT2D eigenvalue weighted by Gasteiger charge is 2.33. The number of rotatable bonds is 9. The van der Waals surface area contributed by atoms with E-state index in [2.05, 4.69) is 10.6 Å². The van der Waals surface area contributed by atoms with E-state index in [0.29, 0.717) is 11.1 Å². The van der Waals surface area contributed by atoms with Crippen LogP contribution in [0.3, 0.4) is 0 Å². The Hall–Kier alpha value is -3.94. The number of nitrogens with one attached hydrogen (secondary N) is 2. The van der Waals surface area contributed by atoms with Gasteiger partial charge in [0.1, 0.15) is 11.9 Å². The average Bonchev–Trinajstić information content (AvgIpc) is 3.59. The molecule has 4 rings (SSSR count). The van der Waals surface area contributed by atoms with Crippen molar-refractivity contribution in [3.8, 4) is 0 Å². The number of furan rings is 1. The highest BCUT2D eigenvalue weighted by Crippen LogP contribution is 2.26. The molecule has 0 radical (unpaired) electrons. The van der Waals surface area contributed by atoms with E-state index in [9.17, 15) is 18.8 Å². The Kier molecular flexibility index (Phi) is 8.15. The first-order chi connectivity index (χ1) is 17.4. The zero-order valence-corrected chi connectivity index (χ0v) is 20.2. The molecule has 3 amide bonds. The highest BCUT2D eigenvalue weighted by atomic mass is 19.1. The Morgan fingerprint density at radius 1 is 1.03 bits per heavy atom. The molecule has 0 saturated heterocycles. The fraction of sp³-hybridized carbons (Fsp3) is 0.321. The monoisotopic (exact) mass is 491 g/mol. The minimum Gasteiger partial charge on any atom is -0.459 e. The summed E-state index contributed by atoms with van der Waals surface area (Å²) in [6, 6.07) is 15.5. The first kappa shape index (κ1) is 25.2. The number of carbonyl (C=O) groups excluding carboxylic acids is 3. The van der Waals surface area contributed by atoms with Gasteiger partial charge in [-0.15, -0.1) is 0 Å². The largest absolute Gasteiger partial charge is 0.459 e. The van der Waals surface area contributed by atoms with Gasteiger partial charge in [0.05, 0.1) is 12.8 Å². The number of nitrogens with zero attached hydrogens (tertiary/aromatic N) is 1. The summed E-state index contributed by atoms with van der Waals surface area (Å²) in [7, 11) is 0. The molecular weight excluding hydrogens is 461 g/mol. The summed E-state index contributed by atoms with van der Waals surface area (Å²) in [5.74, 6) is -1.57. The molecule has 2 N–H and O–H groups in total. The number of hydrogen-bond donors (Lipinski definition) is 2. The van der Waals surface area contributed by atoms with Gasteiger partial charge in [-0.3, -0.25) is 14.4 Å². The van der Waals surface area contributed by atoms with Crippen molar-refractivity contribution in [1.29, 1.82) is 0 Å². The quantitative estimate of drug-likeness (QED) is 0.467. The van der Waals surface area contributed by atoms with Gasteiger partial charge >= 0.3 is 0 Å². The van der Waals surface area contributed by atoms with E-state index in [1.807, 2.05) is 31.2 Å². The van der Waals surface area contributed by atoms with Gasteiger partial charge in [-0.2, -0.15) is 0 Å². The van der Waals surface area contributed by atoms with E-state index in [4.69, 9.17) is 4.42 Å². The summed E-state index contributed by atoms with van der Waals surface area (Å²) in [5.41, 5.74) is 2.34. The number of halogens is 1. The maximum Gasteiger partial charge on any atom is 0.287 e. The summed E-state index contributed by atoms with van der Waals surface area (Å²) in [6.07, 6.45) is 5.28. The Balaban J connectivity index is 1.63. The maximum absolute atomic E-state index is 13.6. The van der Waals surface area contributed by atoms with Crippen LogP contribution in [-0.2, 0) is 16.1 Å². The van der Waals surface area contributed by atoms with Crippen LogP contribution in [0.15, 0.2) is 71.3 Å². The third-order valence-corrected chi connectivity index (χ3v) is 6.39. The molecule has 0 spiro atoms. The van der Waals surface area contributed by atoms with E-state index in [1.165, 1.54) is 29.4 Å². The van der Waals surface area contributed by atoms with Crippen LogP contribution in [0.1, 0.15) is 59.0 Å². The SMILES string of the molecule is Cc1ccc([C@H](C(=O)NC2CCCC2)N(Cc2ccc(F)cc2)C(=O)CNC(=O)c2ccco2)cc1. The minimum atomic E-state index is -0.927. The number of hydrogen-bond acceptors (Lipinski definition) is 4. The second kappa shape index (κ2) is 11.7. The summed E-state index contributed by atoms with van der Waals surface area (Å²) in [6.45, 7) is 1.68.